The Bertz CT molecular complexity index is 205. The lowest BCUT2D eigenvalue weighted by atomic mass is 9.48. The van der Waals surface area contributed by atoms with Gasteiger partial charge in [-0.2, -0.15) is 0 Å². The minimum Gasteiger partial charge on any atom is -0.327 e. The monoisotopic (exact) mass is 151 g/mol. The van der Waals surface area contributed by atoms with Crippen LogP contribution in [-0.2, 0) is 0 Å². The normalized spacial score (nSPS) is 71.7. The number of hydrogen-bond acceptors (Lipinski definition) is 1. The second-order valence-electron chi connectivity index (χ2n) is 5.04. The van der Waals surface area contributed by atoms with Crippen molar-refractivity contribution in [2.75, 3.05) is 0 Å². The Morgan fingerprint density at radius 3 is 2.27 bits per heavy atom. The molecule has 3 aliphatic carbocycles. The van der Waals surface area contributed by atoms with Gasteiger partial charge in [0.1, 0.15) is 0 Å². The molecule has 1 heteroatoms. The molecular weight excluding hydrogens is 134 g/mol. The van der Waals surface area contributed by atoms with E-state index in [4.69, 9.17) is 5.73 Å². The first kappa shape index (κ1) is 6.47. The van der Waals surface area contributed by atoms with Gasteiger partial charge in [-0.3, -0.25) is 0 Å². The third-order valence-electron chi connectivity index (χ3n) is 5.03. The van der Waals surface area contributed by atoms with Gasteiger partial charge in [0.15, 0.2) is 0 Å². The molecule has 0 radical (unpaired) electrons. The van der Waals surface area contributed by atoms with E-state index in [1.807, 2.05) is 0 Å². The molecule has 0 aromatic rings. The molecule has 62 valence electrons. The maximum atomic E-state index is 6.18. The molecule has 6 atom stereocenters. The Balaban J connectivity index is 1.90. The van der Waals surface area contributed by atoms with Crippen LogP contribution in [0.5, 0.6) is 0 Å². The third kappa shape index (κ3) is 0.438. The number of nitrogens with two attached hydrogens (primary N) is 1. The summed E-state index contributed by atoms with van der Waals surface area (Å²) in [6.45, 7) is 4.78. The van der Waals surface area contributed by atoms with E-state index in [0.717, 1.165) is 23.7 Å². The Kier molecular flexibility index (Phi) is 0.893. The lowest BCUT2D eigenvalue weighted by Gasteiger charge is -2.59. The summed E-state index contributed by atoms with van der Waals surface area (Å²) in [5, 5.41) is 0. The lowest BCUT2D eigenvalue weighted by molar-refractivity contribution is -0.0753. The van der Waals surface area contributed by atoms with Gasteiger partial charge >= 0.3 is 0 Å². The van der Waals surface area contributed by atoms with Crippen LogP contribution in [0.25, 0.3) is 0 Å². The van der Waals surface area contributed by atoms with Gasteiger partial charge in [-0.05, 0) is 41.9 Å². The fraction of sp³-hybridized carbons (Fsp3) is 1.00. The fourth-order valence-corrected chi connectivity index (χ4v) is 4.11. The Morgan fingerprint density at radius 1 is 1.36 bits per heavy atom. The molecule has 4 unspecified atom stereocenters. The molecule has 0 amide bonds. The summed E-state index contributed by atoms with van der Waals surface area (Å²) in [5.41, 5.74) is 6.83. The molecule has 3 rings (SSSR count). The second-order valence-corrected chi connectivity index (χ2v) is 5.04. The van der Waals surface area contributed by atoms with Crippen LogP contribution in [0.3, 0.4) is 0 Å². The van der Waals surface area contributed by atoms with E-state index >= 15 is 0 Å². The first-order valence-corrected chi connectivity index (χ1v) is 4.95. The van der Waals surface area contributed by atoms with Crippen LogP contribution in [0.1, 0.15) is 26.7 Å². The van der Waals surface area contributed by atoms with Crippen molar-refractivity contribution in [3.8, 4) is 0 Å². The minimum atomic E-state index is 0.575. The standard InChI is InChI=1S/C10H17N/c1-5-3-4-10(5)8-6(2)7(8)9(10)11/h5-9H,3-4,11H2,1-2H3/t5-,6-,7?,8?,9?,10?/m0/s1. The molecule has 0 saturated heterocycles. The average molecular weight is 151 g/mol. The number of rotatable bonds is 0. The molecule has 0 aromatic heterocycles. The van der Waals surface area contributed by atoms with Crippen molar-refractivity contribution in [2.45, 2.75) is 32.7 Å². The first-order chi connectivity index (χ1) is 5.19. The van der Waals surface area contributed by atoms with Crippen LogP contribution in [-0.4, -0.2) is 6.04 Å². The van der Waals surface area contributed by atoms with Crippen molar-refractivity contribution >= 4 is 0 Å². The number of fused-ring (bicyclic) bond motifs is 2. The number of hydrogen-bond donors (Lipinski definition) is 1. The van der Waals surface area contributed by atoms with Crippen LogP contribution in [0.2, 0.25) is 0 Å². The third-order valence-corrected chi connectivity index (χ3v) is 5.03. The Hall–Kier alpha value is -0.0400. The van der Waals surface area contributed by atoms with Gasteiger partial charge in [-0.15, -0.1) is 0 Å². The lowest BCUT2D eigenvalue weighted by Crippen LogP contribution is -2.61. The van der Waals surface area contributed by atoms with E-state index in [1.165, 1.54) is 12.8 Å². The summed E-state index contributed by atoms with van der Waals surface area (Å²) in [5.74, 6) is 3.87. The summed E-state index contributed by atoms with van der Waals surface area (Å²) in [7, 11) is 0. The molecule has 1 spiro atoms. The van der Waals surface area contributed by atoms with Crippen molar-refractivity contribution in [1.29, 1.82) is 0 Å². The average Bonchev–Trinajstić information content (AvgIpc) is 2.54. The predicted octanol–water partition coefficient (Wildman–Crippen LogP) is 1.63. The summed E-state index contributed by atoms with van der Waals surface area (Å²) in [6.07, 6.45) is 2.87. The van der Waals surface area contributed by atoms with Gasteiger partial charge in [0.25, 0.3) is 0 Å². The van der Waals surface area contributed by atoms with Crippen LogP contribution in [0.15, 0.2) is 0 Å². The van der Waals surface area contributed by atoms with E-state index < -0.39 is 0 Å². The quantitative estimate of drug-likeness (QED) is 0.559. The summed E-state index contributed by atoms with van der Waals surface area (Å²) < 4.78 is 0. The van der Waals surface area contributed by atoms with Gasteiger partial charge in [-0.25, -0.2) is 0 Å². The van der Waals surface area contributed by atoms with Crippen molar-refractivity contribution in [1.82, 2.24) is 0 Å². The van der Waals surface area contributed by atoms with Gasteiger partial charge in [0.05, 0.1) is 0 Å². The highest BCUT2D eigenvalue weighted by Gasteiger charge is 2.77. The van der Waals surface area contributed by atoms with Crippen LogP contribution < -0.4 is 5.73 Å². The van der Waals surface area contributed by atoms with Crippen molar-refractivity contribution in [3.05, 3.63) is 0 Å². The van der Waals surface area contributed by atoms with Gasteiger partial charge < -0.3 is 5.73 Å². The zero-order chi connectivity index (χ0) is 7.80. The molecule has 0 aromatic carbocycles. The van der Waals surface area contributed by atoms with Gasteiger partial charge in [0, 0.05) is 6.04 Å². The maximum Gasteiger partial charge on any atom is 0.0135 e. The minimum absolute atomic E-state index is 0.575. The fourth-order valence-electron chi connectivity index (χ4n) is 4.11. The van der Waals surface area contributed by atoms with Gasteiger partial charge in [-0.1, -0.05) is 13.8 Å². The molecular formula is C10H17N. The van der Waals surface area contributed by atoms with Crippen molar-refractivity contribution in [3.63, 3.8) is 0 Å². The largest absolute Gasteiger partial charge is 0.327 e. The van der Waals surface area contributed by atoms with Gasteiger partial charge in [0.2, 0.25) is 0 Å². The molecule has 0 aliphatic heterocycles. The van der Waals surface area contributed by atoms with E-state index in [1.54, 1.807) is 0 Å². The topological polar surface area (TPSA) is 26.0 Å². The molecule has 3 fully saturated rings. The van der Waals surface area contributed by atoms with E-state index in [2.05, 4.69) is 13.8 Å². The zero-order valence-corrected chi connectivity index (χ0v) is 7.38. The molecule has 2 N–H and O–H groups in total. The Labute approximate surface area is 68.3 Å². The first-order valence-electron chi connectivity index (χ1n) is 4.95. The van der Waals surface area contributed by atoms with Crippen LogP contribution in [0, 0.1) is 29.1 Å². The Morgan fingerprint density at radius 2 is 2.09 bits per heavy atom. The molecule has 11 heavy (non-hydrogen) atoms. The van der Waals surface area contributed by atoms with Crippen LogP contribution >= 0.6 is 0 Å². The van der Waals surface area contributed by atoms with Crippen molar-refractivity contribution < 1.29 is 0 Å². The molecule has 1 nitrogen and oxygen atoms in total. The molecule has 0 heterocycles. The summed E-state index contributed by atoms with van der Waals surface area (Å²) in [4.78, 5) is 0. The molecule has 3 aliphatic rings. The van der Waals surface area contributed by atoms with E-state index in [-0.39, 0.29) is 0 Å². The van der Waals surface area contributed by atoms with Crippen molar-refractivity contribution in [2.24, 2.45) is 34.8 Å². The molecule has 3 saturated carbocycles. The zero-order valence-electron chi connectivity index (χ0n) is 7.38. The smallest absolute Gasteiger partial charge is 0.0135 e. The highest BCUT2D eigenvalue weighted by molar-refractivity contribution is 5.27. The predicted molar refractivity (Wildman–Crippen MR) is 45.0 cm³/mol. The SMILES string of the molecule is C[C@H]1C2C(N)C3(CC[C@@H]3C)C21. The highest BCUT2D eigenvalue weighted by atomic mass is 14.9. The highest BCUT2D eigenvalue weighted by Crippen LogP contribution is 2.78. The van der Waals surface area contributed by atoms with Crippen LogP contribution in [0.4, 0.5) is 0 Å². The maximum absolute atomic E-state index is 6.18. The summed E-state index contributed by atoms with van der Waals surface area (Å²) in [6, 6.07) is 0.575. The van der Waals surface area contributed by atoms with E-state index in [0.29, 0.717) is 11.5 Å². The van der Waals surface area contributed by atoms with E-state index in [9.17, 15) is 0 Å². The summed E-state index contributed by atoms with van der Waals surface area (Å²) >= 11 is 0. The molecule has 0 bridgehead atoms. The second kappa shape index (κ2) is 1.52.